The zero-order valence-corrected chi connectivity index (χ0v) is 11.4. The molecule has 2 N–H and O–H groups in total. The third-order valence-electron chi connectivity index (χ3n) is 3.07. The van der Waals surface area contributed by atoms with E-state index < -0.39 is 0 Å². The van der Waals surface area contributed by atoms with E-state index in [2.05, 4.69) is 32.9 Å². The zero-order valence-electron chi connectivity index (χ0n) is 10.6. The quantitative estimate of drug-likeness (QED) is 0.796. The van der Waals surface area contributed by atoms with Crippen LogP contribution >= 0.6 is 11.3 Å². The van der Waals surface area contributed by atoms with Crippen molar-refractivity contribution in [3.05, 3.63) is 52.7 Å². The normalized spacial score (nSPS) is 10.8. The molecule has 0 saturated heterocycles. The SMILES string of the molecule is Cc1ccsc1Cn1cncc1-c1ccnc(N)c1. The molecular formula is C14H14N4S. The van der Waals surface area contributed by atoms with Crippen molar-refractivity contribution < 1.29 is 0 Å². The number of thiophene rings is 1. The number of hydrogen-bond donors (Lipinski definition) is 1. The van der Waals surface area contributed by atoms with Gasteiger partial charge in [-0.1, -0.05) is 0 Å². The minimum Gasteiger partial charge on any atom is -0.384 e. The minimum absolute atomic E-state index is 0.526. The summed E-state index contributed by atoms with van der Waals surface area (Å²) in [5, 5.41) is 2.12. The van der Waals surface area contributed by atoms with Gasteiger partial charge in [-0.25, -0.2) is 9.97 Å². The monoisotopic (exact) mass is 270 g/mol. The first-order valence-corrected chi connectivity index (χ1v) is 6.87. The molecule has 0 atom stereocenters. The van der Waals surface area contributed by atoms with Gasteiger partial charge in [0, 0.05) is 16.6 Å². The molecule has 0 aliphatic heterocycles. The average Bonchev–Trinajstić information content (AvgIpc) is 3.00. The van der Waals surface area contributed by atoms with Gasteiger partial charge in [-0.3, -0.25) is 0 Å². The summed E-state index contributed by atoms with van der Waals surface area (Å²) >= 11 is 1.77. The van der Waals surface area contributed by atoms with E-state index in [4.69, 9.17) is 5.73 Å². The van der Waals surface area contributed by atoms with Crippen LogP contribution < -0.4 is 5.73 Å². The van der Waals surface area contributed by atoms with Gasteiger partial charge >= 0.3 is 0 Å². The fraction of sp³-hybridized carbons (Fsp3) is 0.143. The predicted octanol–water partition coefficient (Wildman–Crippen LogP) is 2.95. The number of rotatable bonds is 3. The summed E-state index contributed by atoms with van der Waals surface area (Å²) in [6.45, 7) is 2.97. The Hall–Kier alpha value is -2.14. The maximum absolute atomic E-state index is 5.74. The van der Waals surface area contributed by atoms with Crippen molar-refractivity contribution in [3.8, 4) is 11.3 Å². The third kappa shape index (κ3) is 2.37. The Labute approximate surface area is 115 Å². The highest BCUT2D eigenvalue weighted by molar-refractivity contribution is 7.10. The van der Waals surface area contributed by atoms with Gasteiger partial charge in [0.2, 0.25) is 0 Å². The van der Waals surface area contributed by atoms with Gasteiger partial charge in [-0.2, -0.15) is 0 Å². The van der Waals surface area contributed by atoms with E-state index in [0.29, 0.717) is 5.82 Å². The van der Waals surface area contributed by atoms with Crippen molar-refractivity contribution in [3.63, 3.8) is 0 Å². The van der Waals surface area contributed by atoms with Crippen LogP contribution in [0.5, 0.6) is 0 Å². The standard InChI is InChI=1S/C14H14N4S/c1-10-3-5-19-13(10)8-18-9-16-7-12(18)11-2-4-17-14(15)6-11/h2-7,9H,8H2,1H3,(H2,15,17). The molecule has 3 aromatic rings. The van der Waals surface area contributed by atoms with E-state index >= 15 is 0 Å². The summed E-state index contributed by atoms with van der Waals surface area (Å²) in [7, 11) is 0. The predicted molar refractivity (Wildman–Crippen MR) is 78.0 cm³/mol. The fourth-order valence-corrected chi connectivity index (χ4v) is 2.92. The highest BCUT2D eigenvalue weighted by atomic mass is 32.1. The number of pyridine rings is 1. The molecule has 0 aliphatic carbocycles. The van der Waals surface area contributed by atoms with Crippen LogP contribution in [0.4, 0.5) is 5.82 Å². The van der Waals surface area contributed by atoms with Gasteiger partial charge in [-0.15, -0.1) is 11.3 Å². The molecule has 5 heteroatoms. The maximum Gasteiger partial charge on any atom is 0.123 e. The van der Waals surface area contributed by atoms with Crippen molar-refractivity contribution in [1.29, 1.82) is 0 Å². The van der Waals surface area contributed by atoms with E-state index in [1.807, 2.05) is 24.7 Å². The van der Waals surface area contributed by atoms with Crippen LogP contribution in [0, 0.1) is 6.92 Å². The smallest absolute Gasteiger partial charge is 0.123 e. The summed E-state index contributed by atoms with van der Waals surface area (Å²) in [6.07, 6.45) is 5.43. The highest BCUT2D eigenvalue weighted by Gasteiger charge is 2.08. The third-order valence-corrected chi connectivity index (χ3v) is 4.08. The number of nitrogen functional groups attached to an aromatic ring is 1. The van der Waals surface area contributed by atoms with E-state index in [0.717, 1.165) is 17.8 Å². The van der Waals surface area contributed by atoms with Crippen molar-refractivity contribution >= 4 is 17.2 Å². The van der Waals surface area contributed by atoms with Crippen molar-refractivity contribution in [2.45, 2.75) is 13.5 Å². The van der Waals surface area contributed by atoms with Crippen molar-refractivity contribution in [2.75, 3.05) is 5.73 Å². The molecule has 0 amide bonds. The lowest BCUT2D eigenvalue weighted by Crippen LogP contribution is -2.00. The summed E-state index contributed by atoms with van der Waals surface area (Å²) in [5.74, 6) is 0.526. The van der Waals surface area contributed by atoms with Gasteiger partial charge in [0.15, 0.2) is 0 Å². The van der Waals surface area contributed by atoms with E-state index in [9.17, 15) is 0 Å². The first kappa shape index (κ1) is 11.9. The number of aromatic nitrogens is 3. The molecular weight excluding hydrogens is 256 g/mol. The lowest BCUT2D eigenvalue weighted by atomic mass is 10.2. The fourth-order valence-electron chi connectivity index (χ4n) is 2.02. The topological polar surface area (TPSA) is 56.7 Å². The number of nitrogens with zero attached hydrogens (tertiary/aromatic N) is 3. The Morgan fingerprint density at radius 3 is 3.00 bits per heavy atom. The van der Waals surface area contributed by atoms with Gasteiger partial charge < -0.3 is 10.3 Å². The summed E-state index contributed by atoms with van der Waals surface area (Å²) in [5.41, 5.74) is 9.15. The molecule has 0 radical (unpaired) electrons. The average molecular weight is 270 g/mol. The maximum atomic E-state index is 5.74. The van der Waals surface area contributed by atoms with Gasteiger partial charge in [0.25, 0.3) is 0 Å². The van der Waals surface area contributed by atoms with Crippen LogP contribution in [-0.4, -0.2) is 14.5 Å². The molecule has 3 heterocycles. The molecule has 3 rings (SSSR count). The number of anilines is 1. The van der Waals surface area contributed by atoms with Crippen LogP contribution in [0.1, 0.15) is 10.4 Å². The molecule has 96 valence electrons. The Bertz CT molecular complexity index is 699. The van der Waals surface area contributed by atoms with Crippen molar-refractivity contribution in [1.82, 2.24) is 14.5 Å². The van der Waals surface area contributed by atoms with Gasteiger partial charge in [0.1, 0.15) is 5.82 Å². The van der Waals surface area contributed by atoms with Crippen LogP contribution in [0.15, 0.2) is 42.3 Å². The first-order chi connectivity index (χ1) is 9.24. The molecule has 0 aliphatic rings. The Kier molecular flexibility index (Phi) is 3.05. The number of imidazole rings is 1. The van der Waals surface area contributed by atoms with Crippen LogP contribution in [0.25, 0.3) is 11.3 Å². The Morgan fingerprint density at radius 1 is 1.37 bits per heavy atom. The van der Waals surface area contributed by atoms with E-state index in [1.165, 1.54) is 10.4 Å². The Balaban J connectivity index is 1.97. The first-order valence-electron chi connectivity index (χ1n) is 5.99. The molecule has 0 unspecified atom stereocenters. The molecule has 0 bridgehead atoms. The second kappa shape index (κ2) is 4.85. The van der Waals surface area contributed by atoms with Crippen molar-refractivity contribution in [2.24, 2.45) is 0 Å². The molecule has 19 heavy (non-hydrogen) atoms. The molecule has 0 aromatic carbocycles. The summed E-state index contributed by atoms with van der Waals surface area (Å²) in [6, 6.07) is 5.96. The number of aryl methyl sites for hydroxylation is 1. The summed E-state index contributed by atoms with van der Waals surface area (Å²) < 4.78 is 2.13. The molecule has 0 saturated carbocycles. The van der Waals surface area contributed by atoms with Gasteiger partial charge in [0.05, 0.1) is 24.8 Å². The second-order valence-electron chi connectivity index (χ2n) is 4.40. The van der Waals surface area contributed by atoms with E-state index in [1.54, 1.807) is 17.5 Å². The largest absolute Gasteiger partial charge is 0.384 e. The molecule has 3 aromatic heterocycles. The molecule has 4 nitrogen and oxygen atoms in total. The number of hydrogen-bond acceptors (Lipinski definition) is 4. The second-order valence-corrected chi connectivity index (χ2v) is 5.40. The van der Waals surface area contributed by atoms with Crippen LogP contribution in [0.2, 0.25) is 0 Å². The lowest BCUT2D eigenvalue weighted by molar-refractivity contribution is 0.813. The zero-order chi connectivity index (χ0) is 13.2. The van der Waals surface area contributed by atoms with E-state index in [-0.39, 0.29) is 0 Å². The van der Waals surface area contributed by atoms with Gasteiger partial charge in [-0.05, 0) is 36.1 Å². The number of nitrogens with two attached hydrogens (primary N) is 1. The lowest BCUT2D eigenvalue weighted by Gasteiger charge is -2.08. The van der Waals surface area contributed by atoms with Crippen LogP contribution in [-0.2, 0) is 6.54 Å². The molecule has 0 fully saturated rings. The summed E-state index contributed by atoms with van der Waals surface area (Å²) in [4.78, 5) is 9.61. The van der Waals surface area contributed by atoms with Crippen LogP contribution in [0.3, 0.4) is 0 Å². The highest BCUT2D eigenvalue weighted by Crippen LogP contribution is 2.23. The molecule has 0 spiro atoms. The Morgan fingerprint density at radius 2 is 2.26 bits per heavy atom. The minimum atomic E-state index is 0.526.